The third-order valence-electron chi connectivity index (χ3n) is 3.68. The van der Waals surface area contributed by atoms with Gasteiger partial charge in [-0.3, -0.25) is 4.79 Å². The van der Waals surface area contributed by atoms with E-state index in [1.165, 1.54) is 16.7 Å². The average Bonchev–Trinajstić information content (AvgIpc) is 2.72. The van der Waals surface area contributed by atoms with Gasteiger partial charge >= 0.3 is 0 Å². The second-order valence-corrected chi connectivity index (χ2v) is 5.17. The molecule has 0 aliphatic heterocycles. The smallest absolute Gasteiger partial charge is 0.220 e. The Morgan fingerprint density at radius 2 is 2.10 bits per heavy atom. The zero-order valence-electron chi connectivity index (χ0n) is 12.1. The van der Waals surface area contributed by atoms with Crippen LogP contribution in [0, 0.1) is 0 Å². The number of aryl methyl sites for hydroxylation is 1. The van der Waals surface area contributed by atoms with E-state index < -0.39 is 0 Å². The van der Waals surface area contributed by atoms with Gasteiger partial charge in [0.15, 0.2) is 0 Å². The number of hydrogen-bond acceptors (Lipinski definition) is 2. The molecule has 0 bridgehead atoms. The van der Waals surface area contributed by atoms with Crippen molar-refractivity contribution in [2.24, 2.45) is 5.11 Å². The zero-order valence-corrected chi connectivity index (χ0v) is 12.1. The second-order valence-electron chi connectivity index (χ2n) is 5.17. The van der Waals surface area contributed by atoms with Gasteiger partial charge in [0.2, 0.25) is 5.91 Å². The number of fused-ring (bicyclic) bond motifs is 1. The molecule has 1 aromatic carbocycles. The van der Waals surface area contributed by atoms with Crippen LogP contribution in [0.5, 0.6) is 0 Å². The maximum absolute atomic E-state index is 11.7. The lowest BCUT2D eigenvalue weighted by atomic mass is 10.0. The van der Waals surface area contributed by atoms with E-state index in [-0.39, 0.29) is 5.91 Å². The minimum absolute atomic E-state index is 0.0193. The average molecular weight is 284 g/mol. The molecule has 0 saturated carbocycles. The van der Waals surface area contributed by atoms with Crippen LogP contribution in [-0.4, -0.2) is 19.0 Å². The number of benzene rings is 1. The predicted molar refractivity (Wildman–Crippen MR) is 82.8 cm³/mol. The van der Waals surface area contributed by atoms with Crippen molar-refractivity contribution in [1.82, 2.24) is 5.32 Å². The lowest BCUT2D eigenvalue weighted by Crippen LogP contribution is -2.25. The van der Waals surface area contributed by atoms with Gasteiger partial charge < -0.3 is 5.32 Å². The van der Waals surface area contributed by atoms with Crippen LogP contribution in [0.3, 0.4) is 0 Å². The minimum atomic E-state index is 0.0193. The molecular formula is C16H20N4O. The molecule has 5 heteroatoms. The molecule has 1 N–H and O–H groups in total. The Balaban J connectivity index is 1.76. The Bertz CT molecular complexity index is 573. The van der Waals surface area contributed by atoms with Crippen molar-refractivity contribution < 1.29 is 4.79 Å². The first-order valence-electron chi connectivity index (χ1n) is 7.32. The fourth-order valence-electron chi connectivity index (χ4n) is 2.47. The number of hydrogen-bond donors (Lipinski definition) is 1. The van der Waals surface area contributed by atoms with Crippen molar-refractivity contribution in [2.45, 2.75) is 32.1 Å². The number of nitrogens with one attached hydrogen (secondary N) is 1. The third kappa shape index (κ3) is 4.97. The summed E-state index contributed by atoms with van der Waals surface area (Å²) >= 11 is 0. The van der Waals surface area contributed by atoms with Crippen molar-refractivity contribution in [1.29, 1.82) is 0 Å². The highest BCUT2D eigenvalue weighted by molar-refractivity contribution is 5.76. The summed E-state index contributed by atoms with van der Waals surface area (Å²) in [6, 6.07) is 8.50. The predicted octanol–water partition coefficient (Wildman–Crippen LogP) is 3.31. The Kier molecular flexibility index (Phi) is 5.85. The molecule has 1 aromatic rings. The molecule has 0 radical (unpaired) electrons. The first kappa shape index (κ1) is 15.1. The van der Waals surface area contributed by atoms with Crippen LogP contribution in [0.2, 0.25) is 0 Å². The van der Waals surface area contributed by atoms with E-state index in [0.717, 1.165) is 19.3 Å². The number of allylic oxidation sites excluding steroid dienone is 1. The molecule has 5 nitrogen and oxygen atoms in total. The standard InChI is InChI=1S/C16H20N4O/c17-20-19-11-3-6-16(21)18-12-13-7-9-14-4-1-2-5-15(14)10-8-13/h1-2,4-5,7H,3,6,8-12H2,(H,18,21). The van der Waals surface area contributed by atoms with Crippen LogP contribution in [0.25, 0.3) is 10.4 Å². The molecule has 0 atom stereocenters. The lowest BCUT2D eigenvalue weighted by Gasteiger charge is -2.07. The van der Waals surface area contributed by atoms with Crippen molar-refractivity contribution in [3.8, 4) is 0 Å². The lowest BCUT2D eigenvalue weighted by molar-refractivity contribution is -0.120. The zero-order chi connectivity index (χ0) is 14.9. The molecule has 0 unspecified atom stereocenters. The van der Waals surface area contributed by atoms with Crippen LogP contribution in [-0.2, 0) is 17.6 Å². The summed E-state index contributed by atoms with van der Waals surface area (Å²) in [4.78, 5) is 14.3. The van der Waals surface area contributed by atoms with E-state index in [0.29, 0.717) is 25.9 Å². The molecule has 0 aromatic heterocycles. The van der Waals surface area contributed by atoms with Gasteiger partial charge in [-0.05, 0) is 42.3 Å². The maximum Gasteiger partial charge on any atom is 0.220 e. The minimum Gasteiger partial charge on any atom is -0.352 e. The molecule has 0 fully saturated rings. The van der Waals surface area contributed by atoms with Crippen LogP contribution >= 0.6 is 0 Å². The first-order valence-corrected chi connectivity index (χ1v) is 7.32. The molecule has 2 rings (SSSR count). The third-order valence-corrected chi connectivity index (χ3v) is 3.68. The summed E-state index contributed by atoms with van der Waals surface area (Å²) in [6.45, 7) is 0.996. The molecule has 1 aliphatic carbocycles. The summed E-state index contributed by atoms with van der Waals surface area (Å²) in [5, 5.41) is 6.36. The maximum atomic E-state index is 11.7. The highest BCUT2D eigenvalue weighted by Crippen LogP contribution is 2.19. The number of azide groups is 1. The number of carbonyl (C=O) groups excluding carboxylic acids is 1. The molecule has 1 amide bonds. The van der Waals surface area contributed by atoms with Crippen molar-refractivity contribution >= 4 is 5.91 Å². The van der Waals surface area contributed by atoms with Crippen molar-refractivity contribution in [3.05, 3.63) is 57.5 Å². The molecule has 1 aliphatic rings. The fourth-order valence-corrected chi connectivity index (χ4v) is 2.47. The van der Waals surface area contributed by atoms with E-state index in [1.807, 2.05) is 0 Å². The van der Waals surface area contributed by atoms with Gasteiger partial charge in [0.05, 0.1) is 0 Å². The highest BCUT2D eigenvalue weighted by atomic mass is 16.1. The Labute approximate surface area is 124 Å². The van der Waals surface area contributed by atoms with Crippen molar-refractivity contribution in [3.63, 3.8) is 0 Å². The summed E-state index contributed by atoms with van der Waals surface area (Å²) in [5.74, 6) is 0.0193. The topological polar surface area (TPSA) is 77.9 Å². The van der Waals surface area contributed by atoms with Gasteiger partial charge in [-0.15, -0.1) is 0 Å². The van der Waals surface area contributed by atoms with Gasteiger partial charge in [0.1, 0.15) is 0 Å². The van der Waals surface area contributed by atoms with Crippen LogP contribution in [0.15, 0.2) is 41.0 Å². The van der Waals surface area contributed by atoms with Gasteiger partial charge in [-0.2, -0.15) is 0 Å². The quantitative estimate of drug-likeness (QED) is 0.281. The van der Waals surface area contributed by atoms with Gasteiger partial charge in [-0.1, -0.05) is 41.0 Å². The Morgan fingerprint density at radius 3 is 2.90 bits per heavy atom. The van der Waals surface area contributed by atoms with E-state index in [4.69, 9.17) is 5.53 Å². The number of rotatable bonds is 6. The van der Waals surface area contributed by atoms with Crippen molar-refractivity contribution in [2.75, 3.05) is 13.1 Å². The Morgan fingerprint density at radius 1 is 1.29 bits per heavy atom. The van der Waals surface area contributed by atoms with Gasteiger partial charge in [-0.25, -0.2) is 0 Å². The second kappa shape index (κ2) is 8.12. The highest BCUT2D eigenvalue weighted by Gasteiger charge is 2.09. The normalized spacial score (nSPS) is 13.4. The SMILES string of the molecule is [N-]=[N+]=NCCCC(=O)NCC1=CCc2ccccc2CC1. The van der Waals surface area contributed by atoms with E-state index >= 15 is 0 Å². The number of amides is 1. The fraction of sp³-hybridized carbons (Fsp3) is 0.438. The van der Waals surface area contributed by atoms with Crippen LogP contribution in [0.4, 0.5) is 0 Å². The molecule has 0 saturated heterocycles. The summed E-state index contributed by atoms with van der Waals surface area (Å²) in [6.07, 6.45) is 6.21. The summed E-state index contributed by atoms with van der Waals surface area (Å²) < 4.78 is 0. The summed E-state index contributed by atoms with van der Waals surface area (Å²) in [7, 11) is 0. The van der Waals surface area contributed by atoms with Crippen LogP contribution < -0.4 is 5.32 Å². The summed E-state index contributed by atoms with van der Waals surface area (Å²) in [5.41, 5.74) is 12.2. The monoisotopic (exact) mass is 284 g/mol. The molecular weight excluding hydrogens is 264 g/mol. The molecule has 0 spiro atoms. The van der Waals surface area contributed by atoms with E-state index in [1.54, 1.807) is 0 Å². The van der Waals surface area contributed by atoms with Gasteiger partial charge in [0.25, 0.3) is 0 Å². The van der Waals surface area contributed by atoms with Gasteiger partial charge in [0, 0.05) is 24.4 Å². The van der Waals surface area contributed by atoms with E-state index in [2.05, 4.69) is 45.7 Å². The molecule has 110 valence electrons. The number of nitrogens with zero attached hydrogens (tertiary/aromatic N) is 3. The van der Waals surface area contributed by atoms with E-state index in [9.17, 15) is 4.79 Å². The Hall–Kier alpha value is -2.26. The molecule has 21 heavy (non-hydrogen) atoms. The van der Waals surface area contributed by atoms with Crippen LogP contribution in [0.1, 0.15) is 30.4 Å². The molecule has 0 heterocycles. The largest absolute Gasteiger partial charge is 0.352 e. The first-order chi connectivity index (χ1) is 10.3. The number of carbonyl (C=O) groups is 1.